The van der Waals surface area contributed by atoms with Gasteiger partial charge in [0.1, 0.15) is 17.5 Å². The van der Waals surface area contributed by atoms with Gasteiger partial charge in [-0.1, -0.05) is 50.3 Å². The molecule has 1 saturated carbocycles. The van der Waals surface area contributed by atoms with Crippen molar-refractivity contribution < 1.29 is 31.9 Å². The Morgan fingerprint density at radius 1 is 0.975 bits per heavy atom. The first-order valence-corrected chi connectivity index (χ1v) is 15.1. The normalized spacial score (nSPS) is 20.1. The van der Waals surface area contributed by atoms with E-state index in [4.69, 9.17) is 4.74 Å². The second-order valence-corrected chi connectivity index (χ2v) is 13.1. The summed E-state index contributed by atoms with van der Waals surface area (Å²) in [5.74, 6) is -2.35. The molecule has 1 heterocycles. The van der Waals surface area contributed by atoms with E-state index in [2.05, 4.69) is 5.32 Å². The highest BCUT2D eigenvalue weighted by Gasteiger charge is 2.46. The zero-order valence-electron chi connectivity index (χ0n) is 23.0. The quantitative estimate of drug-likeness (QED) is 0.497. The van der Waals surface area contributed by atoms with E-state index in [1.54, 1.807) is 26.8 Å². The van der Waals surface area contributed by atoms with Crippen molar-refractivity contribution in [3.63, 3.8) is 0 Å². The number of nitrogens with one attached hydrogen (secondary N) is 2. The maximum atomic E-state index is 15.0. The minimum Gasteiger partial charge on any atom is -0.444 e. The first-order chi connectivity index (χ1) is 18.9. The van der Waals surface area contributed by atoms with Crippen LogP contribution in [0.15, 0.2) is 53.4 Å². The molecule has 0 aromatic heterocycles. The van der Waals surface area contributed by atoms with Crippen LogP contribution in [0.1, 0.15) is 69.7 Å². The maximum absolute atomic E-state index is 15.0. The molecule has 0 radical (unpaired) electrons. The minimum absolute atomic E-state index is 0.0501. The largest absolute Gasteiger partial charge is 0.444 e. The number of carbonyl (C=O) groups is 3. The Balaban J connectivity index is 1.51. The number of sulfonamides is 1. The molecule has 1 aliphatic heterocycles. The monoisotopic (exact) mass is 573 g/mol. The summed E-state index contributed by atoms with van der Waals surface area (Å²) in [5.41, 5.74) is -1.13. The molecule has 0 spiro atoms. The predicted octanol–water partition coefficient (Wildman–Crippen LogP) is 5.09. The number of likely N-dealkylation sites (tertiary alicyclic amines) is 1. The molecule has 2 N–H and O–H groups in total. The first-order valence-electron chi connectivity index (χ1n) is 13.6. The van der Waals surface area contributed by atoms with Crippen LogP contribution >= 0.6 is 0 Å². The Kier molecular flexibility index (Phi) is 8.82. The van der Waals surface area contributed by atoms with Crippen LogP contribution in [0.4, 0.5) is 14.9 Å². The third kappa shape index (κ3) is 6.99. The van der Waals surface area contributed by atoms with Crippen LogP contribution < -0.4 is 10.0 Å². The molecule has 9 nitrogen and oxygen atoms in total. The lowest BCUT2D eigenvalue weighted by Crippen LogP contribution is -2.49. The standard InChI is InChI=1S/C29H36FN3O6S/c1-29(2,3)39-28(36)33-17-16-22(19-10-6-4-7-11-19)25(33)27(35)31-20-14-15-23(24(30)18-20)26(34)32-40(37,38)21-12-8-5-9-13-21/h5,8-9,12-15,18-19,22,25H,4,6-7,10-11,16-17H2,1-3H3,(H,31,35)(H,32,34)/t22-,25-/m0/s1. The molecule has 4 rings (SSSR count). The number of amides is 3. The number of hydrogen-bond acceptors (Lipinski definition) is 6. The van der Waals surface area contributed by atoms with Gasteiger partial charge in [0.25, 0.3) is 15.9 Å². The molecule has 0 bridgehead atoms. The fourth-order valence-electron chi connectivity index (χ4n) is 5.56. The van der Waals surface area contributed by atoms with Crippen LogP contribution in [-0.2, 0) is 19.6 Å². The fraction of sp³-hybridized carbons (Fsp3) is 0.483. The van der Waals surface area contributed by atoms with Gasteiger partial charge >= 0.3 is 6.09 Å². The zero-order valence-corrected chi connectivity index (χ0v) is 23.8. The van der Waals surface area contributed by atoms with Crippen molar-refractivity contribution in [1.29, 1.82) is 0 Å². The summed E-state index contributed by atoms with van der Waals surface area (Å²) >= 11 is 0. The average molecular weight is 574 g/mol. The van der Waals surface area contributed by atoms with Crippen molar-refractivity contribution in [2.45, 2.75) is 75.8 Å². The van der Waals surface area contributed by atoms with Crippen LogP contribution in [0, 0.1) is 17.7 Å². The van der Waals surface area contributed by atoms with Crippen LogP contribution in [0.3, 0.4) is 0 Å². The van der Waals surface area contributed by atoms with Crippen molar-refractivity contribution in [1.82, 2.24) is 9.62 Å². The molecule has 2 aromatic rings. The summed E-state index contributed by atoms with van der Waals surface area (Å²) in [5, 5.41) is 2.70. The van der Waals surface area contributed by atoms with E-state index in [0.29, 0.717) is 18.9 Å². The highest BCUT2D eigenvalue weighted by Crippen LogP contribution is 2.40. The summed E-state index contributed by atoms with van der Waals surface area (Å²) in [4.78, 5) is 40.5. The van der Waals surface area contributed by atoms with Crippen molar-refractivity contribution in [3.8, 4) is 0 Å². The molecule has 1 saturated heterocycles. The number of rotatable bonds is 6. The van der Waals surface area contributed by atoms with Crippen molar-refractivity contribution in [3.05, 3.63) is 59.9 Å². The number of halogens is 1. The van der Waals surface area contributed by atoms with E-state index in [-0.39, 0.29) is 16.5 Å². The predicted molar refractivity (Wildman–Crippen MR) is 148 cm³/mol. The highest BCUT2D eigenvalue weighted by molar-refractivity contribution is 7.90. The summed E-state index contributed by atoms with van der Waals surface area (Å²) in [6, 6.07) is 9.89. The van der Waals surface area contributed by atoms with E-state index in [1.165, 1.54) is 35.2 Å². The van der Waals surface area contributed by atoms with Gasteiger partial charge in [-0.25, -0.2) is 22.3 Å². The highest BCUT2D eigenvalue weighted by atomic mass is 32.2. The van der Waals surface area contributed by atoms with Crippen molar-refractivity contribution >= 4 is 33.6 Å². The molecule has 0 unspecified atom stereocenters. The van der Waals surface area contributed by atoms with Gasteiger partial charge in [0.2, 0.25) is 5.91 Å². The van der Waals surface area contributed by atoms with E-state index in [1.807, 2.05) is 4.72 Å². The van der Waals surface area contributed by atoms with Crippen LogP contribution in [0.25, 0.3) is 0 Å². The van der Waals surface area contributed by atoms with Crippen LogP contribution in [0.2, 0.25) is 0 Å². The number of ether oxygens (including phenoxy) is 1. The topological polar surface area (TPSA) is 122 Å². The number of carbonyl (C=O) groups excluding carboxylic acids is 3. The van der Waals surface area contributed by atoms with E-state index in [9.17, 15) is 27.2 Å². The van der Waals surface area contributed by atoms with Gasteiger partial charge in [0.15, 0.2) is 0 Å². The van der Waals surface area contributed by atoms with Crippen molar-refractivity contribution in [2.24, 2.45) is 11.8 Å². The Bertz CT molecular complexity index is 1350. The Morgan fingerprint density at radius 2 is 1.65 bits per heavy atom. The molecule has 2 fully saturated rings. The molecular weight excluding hydrogens is 537 g/mol. The Morgan fingerprint density at radius 3 is 2.27 bits per heavy atom. The van der Waals surface area contributed by atoms with Crippen LogP contribution in [-0.4, -0.2) is 49.4 Å². The molecular formula is C29H36FN3O6S. The Hall–Kier alpha value is -3.47. The molecule has 216 valence electrons. The SMILES string of the molecule is CC(C)(C)OC(=O)N1CC[C@@H](C2CCCCC2)[C@H]1C(=O)Nc1ccc(C(=O)NS(=O)(=O)c2ccccc2)c(F)c1. The van der Waals surface area contributed by atoms with Crippen LogP contribution in [0.5, 0.6) is 0 Å². The Labute approximate surface area is 234 Å². The molecule has 2 atom stereocenters. The van der Waals surface area contributed by atoms with Gasteiger partial charge in [0, 0.05) is 12.2 Å². The molecule has 11 heteroatoms. The van der Waals surface area contributed by atoms with E-state index < -0.39 is 51.0 Å². The third-order valence-electron chi connectivity index (χ3n) is 7.36. The van der Waals surface area contributed by atoms with Gasteiger partial charge in [-0.05, 0) is 69.4 Å². The molecule has 1 aliphatic carbocycles. The van der Waals surface area contributed by atoms with Gasteiger partial charge < -0.3 is 10.1 Å². The lowest BCUT2D eigenvalue weighted by atomic mass is 9.76. The summed E-state index contributed by atoms with van der Waals surface area (Å²) in [6.07, 6.45) is 5.39. The minimum atomic E-state index is -4.19. The van der Waals surface area contributed by atoms with E-state index >= 15 is 0 Å². The average Bonchev–Trinajstić information content (AvgIpc) is 3.34. The summed E-state index contributed by atoms with van der Waals surface area (Å²) < 4.78 is 47.3. The third-order valence-corrected chi connectivity index (χ3v) is 8.71. The number of benzene rings is 2. The number of hydrogen-bond donors (Lipinski definition) is 2. The lowest BCUT2D eigenvalue weighted by molar-refractivity contribution is -0.122. The van der Waals surface area contributed by atoms with Gasteiger partial charge in [-0.3, -0.25) is 14.5 Å². The summed E-state index contributed by atoms with van der Waals surface area (Å²) in [6.45, 7) is 5.68. The van der Waals surface area contributed by atoms with Crippen molar-refractivity contribution in [2.75, 3.05) is 11.9 Å². The van der Waals surface area contributed by atoms with Gasteiger partial charge in [0.05, 0.1) is 10.5 Å². The van der Waals surface area contributed by atoms with E-state index in [0.717, 1.165) is 44.2 Å². The second-order valence-electron chi connectivity index (χ2n) is 11.4. The fourth-order valence-corrected chi connectivity index (χ4v) is 6.55. The van der Waals surface area contributed by atoms with Gasteiger partial charge in [-0.15, -0.1) is 0 Å². The molecule has 2 aromatic carbocycles. The molecule has 40 heavy (non-hydrogen) atoms. The first kappa shape index (κ1) is 29.5. The second kappa shape index (κ2) is 12.0. The summed E-state index contributed by atoms with van der Waals surface area (Å²) in [7, 11) is -4.19. The lowest BCUT2D eigenvalue weighted by Gasteiger charge is -2.34. The molecule has 3 amide bonds. The number of anilines is 1. The maximum Gasteiger partial charge on any atom is 0.410 e. The number of nitrogens with zero attached hydrogens (tertiary/aromatic N) is 1. The smallest absolute Gasteiger partial charge is 0.410 e. The molecule has 2 aliphatic rings. The van der Waals surface area contributed by atoms with Gasteiger partial charge in [-0.2, -0.15) is 0 Å². The zero-order chi connectivity index (χ0) is 29.1.